The van der Waals surface area contributed by atoms with Gasteiger partial charge < -0.3 is 19.6 Å². The number of carbonyl (C=O) groups is 1. The molecule has 6 heteroatoms. The highest BCUT2D eigenvalue weighted by atomic mass is 16.5. The monoisotopic (exact) mass is 276 g/mol. The van der Waals surface area contributed by atoms with Gasteiger partial charge in [-0.2, -0.15) is 0 Å². The van der Waals surface area contributed by atoms with Crippen LogP contribution in [0, 0.1) is 0 Å². The fourth-order valence-corrected chi connectivity index (χ4v) is 1.99. The summed E-state index contributed by atoms with van der Waals surface area (Å²) in [5, 5.41) is 2.92. The summed E-state index contributed by atoms with van der Waals surface area (Å²) in [5.74, 6) is 0.897. The van der Waals surface area contributed by atoms with Crippen molar-refractivity contribution >= 4 is 5.91 Å². The van der Waals surface area contributed by atoms with Crippen LogP contribution in [0.15, 0.2) is 30.7 Å². The molecule has 0 fully saturated rings. The number of rotatable bonds is 8. The number of aromatic amines is 1. The van der Waals surface area contributed by atoms with E-state index in [1.54, 1.807) is 19.5 Å². The number of methoxy groups -OCH3 is 1. The van der Waals surface area contributed by atoms with Crippen LogP contribution >= 0.6 is 0 Å². The zero-order chi connectivity index (χ0) is 14.2. The molecule has 0 aliphatic carbocycles. The second-order valence-corrected chi connectivity index (χ2v) is 4.47. The lowest BCUT2D eigenvalue weighted by Crippen LogP contribution is -2.27. The Morgan fingerprint density at radius 2 is 2.45 bits per heavy atom. The molecular formula is C14H20N4O2. The Balaban J connectivity index is 1.75. The van der Waals surface area contributed by atoms with Gasteiger partial charge in [-0.3, -0.25) is 4.79 Å². The third kappa shape index (κ3) is 3.96. The quantitative estimate of drug-likeness (QED) is 0.712. The van der Waals surface area contributed by atoms with E-state index in [9.17, 15) is 4.79 Å². The lowest BCUT2D eigenvalue weighted by molar-refractivity contribution is 0.0941. The highest BCUT2D eigenvalue weighted by Crippen LogP contribution is 2.02. The lowest BCUT2D eigenvalue weighted by Gasteiger charge is -2.09. The van der Waals surface area contributed by atoms with Gasteiger partial charge >= 0.3 is 0 Å². The number of carbonyl (C=O) groups excluding carboxylic acids is 1. The number of hydrogen-bond donors (Lipinski definition) is 2. The SMILES string of the molecule is COCCn1cccc1C(=O)NCCCc1ncc[nH]1. The van der Waals surface area contributed by atoms with Gasteiger partial charge in [0.15, 0.2) is 0 Å². The molecule has 0 saturated heterocycles. The smallest absolute Gasteiger partial charge is 0.267 e. The standard InChI is InChI=1S/C14H20N4O2/c1-20-11-10-18-9-3-4-12(18)14(19)17-6-2-5-13-15-7-8-16-13/h3-4,7-9H,2,5-6,10-11H2,1H3,(H,15,16)(H,17,19). The molecule has 0 aromatic carbocycles. The second kappa shape index (κ2) is 7.49. The summed E-state index contributed by atoms with van der Waals surface area (Å²) < 4.78 is 6.92. The second-order valence-electron chi connectivity index (χ2n) is 4.47. The summed E-state index contributed by atoms with van der Waals surface area (Å²) in [7, 11) is 1.65. The van der Waals surface area contributed by atoms with E-state index in [1.807, 2.05) is 22.9 Å². The summed E-state index contributed by atoms with van der Waals surface area (Å²) in [5.41, 5.74) is 0.667. The average Bonchev–Trinajstić information content (AvgIpc) is 3.12. The van der Waals surface area contributed by atoms with Crippen LogP contribution in [0.4, 0.5) is 0 Å². The molecule has 2 heterocycles. The lowest BCUT2D eigenvalue weighted by atomic mass is 10.3. The van der Waals surface area contributed by atoms with E-state index < -0.39 is 0 Å². The van der Waals surface area contributed by atoms with E-state index in [2.05, 4.69) is 15.3 Å². The molecule has 0 aliphatic heterocycles. The van der Waals surface area contributed by atoms with Gasteiger partial charge in [-0.25, -0.2) is 4.98 Å². The van der Waals surface area contributed by atoms with Gasteiger partial charge in [-0.15, -0.1) is 0 Å². The Labute approximate surface area is 118 Å². The highest BCUT2D eigenvalue weighted by molar-refractivity contribution is 5.92. The van der Waals surface area contributed by atoms with Crippen molar-refractivity contribution in [1.82, 2.24) is 19.9 Å². The van der Waals surface area contributed by atoms with Crippen molar-refractivity contribution in [2.75, 3.05) is 20.3 Å². The normalized spacial score (nSPS) is 10.7. The van der Waals surface area contributed by atoms with Gasteiger partial charge in [0.05, 0.1) is 6.61 Å². The van der Waals surface area contributed by atoms with E-state index in [0.29, 0.717) is 25.4 Å². The van der Waals surface area contributed by atoms with Crippen LogP contribution in [0.5, 0.6) is 0 Å². The number of aryl methyl sites for hydroxylation is 1. The first-order chi connectivity index (χ1) is 9.81. The summed E-state index contributed by atoms with van der Waals surface area (Å²) >= 11 is 0. The molecule has 2 N–H and O–H groups in total. The molecule has 6 nitrogen and oxygen atoms in total. The maximum atomic E-state index is 12.1. The number of imidazole rings is 1. The fraction of sp³-hybridized carbons (Fsp3) is 0.429. The Kier molecular flexibility index (Phi) is 5.37. The van der Waals surface area contributed by atoms with E-state index in [4.69, 9.17) is 4.74 Å². The number of amides is 1. The van der Waals surface area contributed by atoms with Crippen LogP contribution in [-0.2, 0) is 17.7 Å². The molecule has 20 heavy (non-hydrogen) atoms. The molecule has 0 aliphatic rings. The van der Waals surface area contributed by atoms with Crippen molar-refractivity contribution in [3.8, 4) is 0 Å². The Morgan fingerprint density at radius 3 is 3.20 bits per heavy atom. The topological polar surface area (TPSA) is 71.9 Å². The van der Waals surface area contributed by atoms with Gasteiger partial charge in [0, 0.05) is 45.2 Å². The zero-order valence-electron chi connectivity index (χ0n) is 11.6. The Hall–Kier alpha value is -2.08. The minimum atomic E-state index is -0.0504. The predicted octanol–water partition coefficient (Wildman–Crippen LogP) is 1.22. The van der Waals surface area contributed by atoms with Crippen molar-refractivity contribution in [3.63, 3.8) is 0 Å². The molecule has 108 valence electrons. The van der Waals surface area contributed by atoms with Gasteiger partial charge in [-0.1, -0.05) is 0 Å². The van der Waals surface area contributed by atoms with Crippen molar-refractivity contribution in [1.29, 1.82) is 0 Å². The molecule has 2 aromatic rings. The van der Waals surface area contributed by atoms with Crippen LogP contribution in [0.1, 0.15) is 22.7 Å². The summed E-state index contributed by atoms with van der Waals surface area (Å²) in [6.45, 7) is 1.90. The van der Waals surface area contributed by atoms with Crippen LogP contribution in [0.25, 0.3) is 0 Å². The third-order valence-corrected chi connectivity index (χ3v) is 3.03. The van der Waals surface area contributed by atoms with Gasteiger partial charge in [-0.05, 0) is 18.6 Å². The molecular weight excluding hydrogens is 256 g/mol. The van der Waals surface area contributed by atoms with Gasteiger partial charge in [0.25, 0.3) is 5.91 Å². The van der Waals surface area contributed by atoms with E-state index in [1.165, 1.54) is 0 Å². The molecule has 0 saturated carbocycles. The van der Waals surface area contributed by atoms with Crippen molar-refractivity contribution in [3.05, 3.63) is 42.2 Å². The highest BCUT2D eigenvalue weighted by Gasteiger charge is 2.09. The molecule has 1 amide bonds. The molecule has 0 spiro atoms. The van der Waals surface area contributed by atoms with Crippen LogP contribution in [-0.4, -0.2) is 40.7 Å². The van der Waals surface area contributed by atoms with Gasteiger partial charge in [0.2, 0.25) is 0 Å². The van der Waals surface area contributed by atoms with Gasteiger partial charge in [0.1, 0.15) is 11.5 Å². The van der Waals surface area contributed by atoms with Crippen molar-refractivity contribution in [2.45, 2.75) is 19.4 Å². The third-order valence-electron chi connectivity index (χ3n) is 3.03. The molecule has 0 bridgehead atoms. The fourth-order valence-electron chi connectivity index (χ4n) is 1.99. The Bertz CT molecular complexity index is 519. The predicted molar refractivity (Wildman–Crippen MR) is 75.5 cm³/mol. The first-order valence-electron chi connectivity index (χ1n) is 6.72. The summed E-state index contributed by atoms with van der Waals surface area (Å²) in [6, 6.07) is 3.69. The summed E-state index contributed by atoms with van der Waals surface area (Å²) in [6.07, 6.45) is 7.11. The first kappa shape index (κ1) is 14.3. The van der Waals surface area contributed by atoms with Crippen molar-refractivity contribution < 1.29 is 9.53 Å². The van der Waals surface area contributed by atoms with E-state index >= 15 is 0 Å². The zero-order valence-corrected chi connectivity index (χ0v) is 11.6. The summed E-state index contributed by atoms with van der Waals surface area (Å²) in [4.78, 5) is 19.2. The maximum absolute atomic E-state index is 12.1. The van der Waals surface area contributed by atoms with Crippen LogP contribution in [0.2, 0.25) is 0 Å². The minimum Gasteiger partial charge on any atom is -0.383 e. The number of nitrogens with one attached hydrogen (secondary N) is 2. The molecule has 0 radical (unpaired) electrons. The largest absolute Gasteiger partial charge is 0.383 e. The van der Waals surface area contributed by atoms with E-state index in [0.717, 1.165) is 18.7 Å². The average molecular weight is 276 g/mol. The molecule has 0 unspecified atom stereocenters. The van der Waals surface area contributed by atoms with Crippen LogP contribution < -0.4 is 5.32 Å². The Morgan fingerprint density at radius 1 is 1.55 bits per heavy atom. The van der Waals surface area contributed by atoms with Crippen molar-refractivity contribution in [2.24, 2.45) is 0 Å². The number of aromatic nitrogens is 3. The number of hydrogen-bond acceptors (Lipinski definition) is 3. The molecule has 2 aromatic heterocycles. The number of nitrogens with zero attached hydrogens (tertiary/aromatic N) is 2. The molecule has 2 rings (SSSR count). The minimum absolute atomic E-state index is 0.0504. The molecule has 0 atom stereocenters. The maximum Gasteiger partial charge on any atom is 0.267 e. The first-order valence-corrected chi connectivity index (χ1v) is 6.72. The van der Waals surface area contributed by atoms with Crippen LogP contribution in [0.3, 0.4) is 0 Å². The number of H-pyrrole nitrogens is 1. The van der Waals surface area contributed by atoms with E-state index in [-0.39, 0.29) is 5.91 Å². The number of ether oxygens (including phenoxy) is 1.